The molecule has 4 N–H and O–H groups in total. The molecular formula is C18H18F3N5O5. The summed E-state index contributed by atoms with van der Waals surface area (Å²) in [5.74, 6) is -0.0362. The van der Waals surface area contributed by atoms with E-state index in [1.54, 1.807) is 6.07 Å². The van der Waals surface area contributed by atoms with Crippen molar-refractivity contribution >= 4 is 17.0 Å². The number of fused-ring (bicyclic) bond motifs is 1. The molecule has 13 heteroatoms. The highest BCUT2D eigenvalue weighted by molar-refractivity contribution is 5.82. The molecule has 2 aromatic heterocycles. The Bertz CT molecular complexity index is 1060. The predicted octanol–water partition coefficient (Wildman–Crippen LogP) is 0.949. The first-order chi connectivity index (χ1) is 14.8. The summed E-state index contributed by atoms with van der Waals surface area (Å²) >= 11 is 0. The second-order valence-corrected chi connectivity index (χ2v) is 6.82. The minimum absolute atomic E-state index is 0.127. The Morgan fingerprint density at radius 2 is 1.97 bits per heavy atom. The van der Waals surface area contributed by atoms with Crippen molar-refractivity contribution in [3.8, 4) is 5.75 Å². The van der Waals surface area contributed by atoms with E-state index in [-0.39, 0.29) is 12.3 Å². The van der Waals surface area contributed by atoms with E-state index < -0.39 is 37.5 Å². The van der Waals surface area contributed by atoms with E-state index in [1.165, 1.54) is 35.4 Å². The first kappa shape index (κ1) is 21.2. The number of benzene rings is 1. The number of imidazole rings is 1. The Balaban J connectivity index is 1.54. The van der Waals surface area contributed by atoms with Crippen LogP contribution in [0.2, 0.25) is 0 Å². The van der Waals surface area contributed by atoms with Gasteiger partial charge >= 0.3 is 6.36 Å². The molecule has 10 nitrogen and oxygen atoms in total. The fraction of sp³-hybridized carbons (Fsp3) is 0.389. The molecule has 0 spiro atoms. The molecule has 1 aliphatic rings. The lowest BCUT2D eigenvalue weighted by molar-refractivity contribution is -0.274. The van der Waals surface area contributed by atoms with E-state index in [4.69, 9.17) is 4.74 Å². The van der Waals surface area contributed by atoms with E-state index in [0.29, 0.717) is 22.5 Å². The molecule has 1 aliphatic heterocycles. The number of aliphatic hydroxyl groups is 3. The Morgan fingerprint density at radius 1 is 1.16 bits per heavy atom. The number of alkyl halides is 3. The SMILES string of the molecule is OC[C@H]1OC(n2cnc3c(NCc4cccc(OC(F)(F)F)c4)ncnc32)[C@@H](O)[C@@H]1O. The van der Waals surface area contributed by atoms with Gasteiger partial charge in [0.1, 0.15) is 30.4 Å². The molecular weight excluding hydrogens is 423 g/mol. The van der Waals surface area contributed by atoms with Gasteiger partial charge in [0.15, 0.2) is 23.2 Å². The lowest BCUT2D eigenvalue weighted by atomic mass is 10.1. The Labute approximate surface area is 172 Å². The van der Waals surface area contributed by atoms with Crippen molar-refractivity contribution in [2.45, 2.75) is 37.4 Å². The van der Waals surface area contributed by atoms with Crippen molar-refractivity contribution in [1.29, 1.82) is 0 Å². The maximum atomic E-state index is 12.4. The topological polar surface area (TPSA) is 135 Å². The number of nitrogens with zero attached hydrogens (tertiary/aromatic N) is 4. The highest BCUT2D eigenvalue weighted by Crippen LogP contribution is 2.32. The number of ether oxygens (including phenoxy) is 2. The van der Waals surface area contributed by atoms with Crippen LogP contribution < -0.4 is 10.1 Å². The standard InChI is InChI=1S/C18H18F3N5O5/c19-18(20,21)31-10-3-1-2-9(4-10)5-22-15-12-16(24-7-23-15)26(8-25-12)17-14(29)13(28)11(6-27)30-17/h1-4,7-8,11,13-14,17,27-29H,5-6H2,(H,22,23,24)/t11-,13-,14+,17?/m1/s1. The third-order valence-electron chi connectivity index (χ3n) is 4.74. The van der Waals surface area contributed by atoms with Gasteiger partial charge in [0.05, 0.1) is 12.9 Å². The van der Waals surface area contributed by atoms with Gasteiger partial charge in [0.2, 0.25) is 0 Å². The number of halogens is 3. The minimum atomic E-state index is -4.78. The summed E-state index contributed by atoms with van der Waals surface area (Å²) in [4.78, 5) is 12.5. The maximum absolute atomic E-state index is 12.4. The zero-order chi connectivity index (χ0) is 22.2. The van der Waals surface area contributed by atoms with Gasteiger partial charge in [0, 0.05) is 6.54 Å². The highest BCUT2D eigenvalue weighted by Gasteiger charge is 2.44. The summed E-state index contributed by atoms with van der Waals surface area (Å²) in [6.07, 6.45) is -6.75. The van der Waals surface area contributed by atoms with Crippen LogP contribution in [0, 0.1) is 0 Å². The van der Waals surface area contributed by atoms with Crippen LogP contribution in [0.25, 0.3) is 11.2 Å². The Hall–Kier alpha value is -3.00. The van der Waals surface area contributed by atoms with Gasteiger partial charge < -0.3 is 30.1 Å². The van der Waals surface area contributed by atoms with Gasteiger partial charge in [0.25, 0.3) is 0 Å². The monoisotopic (exact) mass is 441 g/mol. The van der Waals surface area contributed by atoms with Crippen molar-refractivity contribution in [1.82, 2.24) is 19.5 Å². The number of anilines is 1. The van der Waals surface area contributed by atoms with E-state index in [0.717, 1.165) is 0 Å². The Kier molecular flexibility index (Phi) is 5.66. The lowest BCUT2D eigenvalue weighted by Gasteiger charge is -2.16. The smallest absolute Gasteiger partial charge is 0.406 e. The molecule has 0 aliphatic carbocycles. The largest absolute Gasteiger partial charge is 0.573 e. The number of hydrogen-bond donors (Lipinski definition) is 4. The maximum Gasteiger partial charge on any atom is 0.573 e. The van der Waals surface area contributed by atoms with Crippen LogP contribution in [-0.4, -0.2) is 66.1 Å². The first-order valence-corrected chi connectivity index (χ1v) is 9.15. The zero-order valence-corrected chi connectivity index (χ0v) is 15.8. The van der Waals surface area contributed by atoms with Crippen LogP contribution in [0.15, 0.2) is 36.9 Å². The van der Waals surface area contributed by atoms with Crippen LogP contribution in [0.3, 0.4) is 0 Å². The average Bonchev–Trinajstić information content (AvgIpc) is 3.27. The molecule has 1 fully saturated rings. The van der Waals surface area contributed by atoms with Gasteiger partial charge in [-0.3, -0.25) is 4.57 Å². The lowest BCUT2D eigenvalue weighted by Crippen LogP contribution is -2.33. The molecule has 0 saturated carbocycles. The predicted molar refractivity (Wildman–Crippen MR) is 98.8 cm³/mol. The van der Waals surface area contributed by atoms with E-state index >= 15 is 0 Å². The van der Waals surface area contributed by atoms with Crippen LogP contribution in [0.1, 0.15) is 11.8 Å². The van der Waals surface area contributed by atoms with Crippen molar-refractivity contribution in [2.24, 2.45) is 0 Å². The van der Waals surface area contributed by atoms with Crippen LogP contribution >= 0.6 is 0 Å². The van der Waals surface area contributed by atoms with Crippen LogP contribution in [0.5, 0.6) is 5.75 Å². The third-order valence-corrected chi connectivity index (χ3v) is 4.74. The molecule has 3 aromatic rings. The second kappa shape index (κ2) is 8.26. The number of aromatic nitrogens is 4. The first-order valence-electron chi connectivity index (χ1n) is 9.15. The Morgan fingerprint density at radius 3 is 2.68 bits per heavy atom. The van der Waals surface area contributed by atoms with Gasteiger partial charge in [-0.2, -0.15) is 0 Å². The molecule has 1 aromatic carbocycles. The van der Waals surface area contributed by atoms with Gasteiger partial charge in [-0.15, -0.1) is 13.2 Å². The molecule has 166 valence electrons. The van der Waals surface area contributed by atoms with Crippen molar-refractivity contribution in [3.05, 3.63) is 42.5 Å². The molecule has 1 saturated heterocycles. The third kappa shape index (κ3) is 4.39. The molecule has 4 atom stereocenters. The number of nitrogens with one attached hydrogen (secondary N) is 1. The highest BCUT2D eigenvalue weighted by atomic mass is 19.4. The average molecular weight is 441 g/mol. The zero-order valence-electron chi connectivity index (χ0n) is 15.8. The molecule has 0 radical (unpaired) electrons. The summed E-state index contributed by atoms with van der Waals surface area (Å²) in [5, 5.41) is 32.4. The van der Waals surface area contributed by atoms with Crippen molar-refractivity contribution in [2.75, 3.05) is 11.9 Å². The molecule has 0 bridgehead atoms. The number of aliphatic hydroxyl groups excluding tert-OH is 3. The summed E-state index contributed by atoms with van der Waals surface area (Å²) in [6, 6.07) is 5.50. The van der Waals surface area contributed by atoms with Gasteiger partial charge in [-0.25, -0.2) is 15.0 Å². The summed E-state index contributed by atoms with van der Waals surface area (Å²) in [6.45, 7) is -0.345. The second-order valence-electron chi connectivity index (χ2n) is 6.82. The van der Waals surface area contributed by atoms with Gasteiger partial charge in [-0.1, -0.05) is 12.1 Å². The quantitative estimate of drug-likeness (QED) is 0.441. The fourth-order valence-corrected chi connectivity index (χ4v) is 3.32. The normalized spacial score (nSPS) is 23.9. The summed E-state index contributed by atoms with van der Waals surface area (Å²) < 4.78 is 48.0. The van der Waals surface area contributed by atoms with Crippen molar-refractivity contribution < 1.29 is 38.0 Å². The molecule has 4 rings (SSSR count). The summed E-state index contributed by atoms with van der Waals surface area (Å²) in [5.41, 5.74) is 1.13. The molecule has 0 amide bonds. The van der Waals surface area contributed by atoms with Gasteiger partial charge in [-0.05, 0) is 17.7 Å². The van der Waals surface area contributed by atoms with E-state index in [9.17, 15) is 28.5 Å². The van der Waals surface area contributed by atoms with Crippen molar-refractivity contribution in [3.63, 3.8) is 0 Å². The minimum Gasteiger partial charge on any atom is -0.406 e. The van der Waals surface area contributed by atoms with Crippen LogP contribution in [0.4, 0.5) is 19.0 Å². The number of rotatable bonds is 6. The summed E-state index contributed by atoms with van der Waals surface area (Å²) in [7, 11) is 0. The van der Waals surface area contributed by atoms with Crippen LogP contribution in [-0.2, 0) is 11.3 Å². The fourth-order valence-electron chi connectivity index (χ4n) is 3.32. The molecule has 3 heterocycles. The molecule has 1 unspecified atom stereocenters. The number of hydrogen-bond acceptors (Lipinski definition) is 9. The van der Waals surface area contributed by atoms with E-state index in [1.807, 2.05) is 0 Å². The molecule has 31 heavy (non-hydrogen) atoms. The van der Waals surface area contributed by atoms with E-state index in [2.05, 4.69) is 25.0 Å².